The van der Waals surface area contributed by atoms with Gasteiger partial charge in [-0.3, -0.25) is 0 Å². The van der Waals surface area contributed by atoms with Crippen LogP contribution in [0.25, 0.3) is 11.1 Å². The molecule has 0 aliphatic carbocycles. The predicted octanol–water partition coefficient (Wildman–Crippen LogP) is 5.34. The first kappa shape index (κ1) is 14.1. The van der Waals surface area contributed by atoms with Crippen molar-refractivity contribution in [2.45, 2.75) is 12.6 Å². The fourth-order valence-electron chi connectivity index (χ4n) is 2.23. The molecule has 21 heavy (non-hydrogen) atoms. The second kappa shape index (κ2) is 4.84. The Morgan fingerprint density at radius 1 is 1.05 bits per heavy atom. The Bertz CT molecular complexity index is 733. The van der Waals surface area contributed by atoms with Crippen LogP contribution in [-0.4, -0.2) is 11.9 Å². The standard InChI is InChI=1S/C15H8ClF4N/c16-12-7-13-9(6-14(21-13)15(18,19)20)5-11(12)8-1-3-10(17)4-2-8/h1-5,7H,6H2. The largest absolute Gasteiger partial charge is 0.429 e. The van der Waals surface area contributed by atoms with Gasteiger partial charge in [-0.1, -0.05) is 23.7 Å². The van der Waals surface area contributed by atoms with Crippen LogP contribution in [0.15, 0.2) is 41.4 Å². The minimum absolute atomic E-state index is 0.234. The van der Waals surface area contributed by atoms with Gasteiger partial charge in [0, 0.05) is 12.0 Å². The maximum atomic E-state index is 12.9. The zero-order valence-corrected chi connectivity index (χ0v) is 11.3. The van der Waals surface area contributed by atoms with E-state index >= 15 is 0 Å². The first-order valence-corrected chi connectivity index (χ1v) is 6.45. The maximum Gasteiger partial charge on any atom is 0.429 e. The second-order valence-corrected chi connectivity index (χ2v) is 5.11. The number of hydrogen-bond donors (Lipinski definition) is 0. The number of aliphatic imine (C=N–C) groups is 1. The zero-order valence-electron chi connectivity index (χ0n) is 10.5. The lowest BCUT2D eigenvalue weighted by atomic mass is 10.0. The van der Waals surface area contributed by atoms with Crippen LogP contribution in [0.5, 0.6) is 0 Å². The smallest absolute Gasteiger partial charge is 0.248 e. The molecule has 2 aromatic carbocycles. The highest BCUT2D eigenvalue weighted by Crippen LogP contribution is 2.39. The van der Waals surface area contributed by atoms with Gasteiger partial charge in [-0.15, -0.1) is 0 Å². The summed E-state index contributed by atoms with van der Waals surface area (Å²) in [5.41, 5.74) is 1.08. The molecule has 1 heterocycles. The molecule has 0 unspecified atom stereocenters. The van der Waals surface area contributed by atoms with E-state index in [2.05, 4.69) is 4.99 Å². The summed E-state index contributed by atoms with van der Waals surface area (Å²) in [6.07, 6.45) is -4.72. The van der Waals surface area contributed by atoms with Gasteiger partial charge >= 0.3 is 6.18 Å². The Balaban J connectivity index is 2.02. The van der Waals surface area contributed by atoms with Crippen LogP contribution in [0, 0.1) is 5.82 Å². The highest BCUT2D eigenvalue weighted by Gasteiger charge is 2.38. The predicted molar refractivity (Wildman–Crippen MR) is 73.7 cm³/mol. The van der Waals surface area contributed by atoms with E-state index in [1.807, 2.05) is 0 Å². The first-order valence-electron chi connectivity index (χ1n) is 6.08. The van der Waals surface area contributed by atoms with Crippen molar-refractivity contribution in [3.8, 4) is 11.1 Å². The molecular formula is C15H8ClF4N. The lowest BCUT2D eigenvalue weighted by molar-refractivity contribution is -0.0597. The van der Waals surface area contributed by atoms with Crippen LogP contribution in [0.2, 0.25) is 5.02 Å². The van der Waals surface area contributed by atoms with Gasteiger partial charge < -0.3 is 0 Å². The summed E-state index contributed by atoms with van der Waals surface area (Å²) < 4.78 is 51.0. The van der Waals surface area contributed by atoms with E-state index in [0.717, 1.165) is 0 Å². The number of nitrogens with zero attached hydrogens (tertiary/aromatic N) is 1. The van der Waals surface area contributed by atoms with Crippen LogP contribution in [0.1, 0.15) is 5.56 Å². The molecule has 0 aromatic heterocycles. The van der Waals surface area contributed by atoms with Crippen LogP contribution < -0.4 is 0 Å². The van der Waals surface area contributed by atoms with Crippen molar-refractivity contribution in [2.24, 2.45) is 4.99 Å². The molecule has 2 aromatic rings. The molecule has 1 aliphatic heterocycles. The minimum atomic E-state index is -4.44. The van der Waals surface area contributed by atoms with E-state index in [0.29, 0.717) is 16.7 Å². The number of alkyl halides is 3. The molecule has 3 rings (SSSR count). The molecule has 6 heteroatoms. The SMILES string of the molecule is Fc1ccc(-c2cc3c(cc2Cl)N=C(C(F)(F)F)C3)cc1. The van der Waals surface area contributed by atoms with E-state index in [9.17, 15) is 17.6 Å². The summed E-state index contributed by atoms with van der Waals surface area (Å²) in [5.74, 6) is -0.390. The highest BCUT2D eigenvalue weighted by atomic mass is 35.5. The molecule has 1 nitrogen and oxygen atoms in total. The van der Waals surface area contributed by atoms with Crippen molar-refractivity contribution in [1.29, 1.82) is 0 Å². The van der Waals surface area contributed by atoms with Crippen LogP contribution >= 0.6 is 11.6 Å². The Labute approximate surface area is 122 Å². The Morgan fingerprint density at radius 3 is 2.33 bits per heavy atom. The van der Waals surface area contributed by atoms with Gasteiger partial charge in [-0.25, -0.2) is 9.38 Å². The topological polar surface area (TPSA) is 12.4 Å². The summed E-state index contributed by atoms with van der Waals surface area (Å²) in [4.78, 5) is 3.58. The summed E-state index contributed by atoms with van der Waals surface area (Å²) in [6, 6.07) is 8.60. The lowest BCUT2D eigenvalue weighted by Crippen LogP contribution is -2.22. The molecule has 0 fully saturated rings. The monoisotopic (exact) mass is 313 g/mol. The minimum Gasteiger partial charge on any atom is -0.248 e. The number of halogens is 5. The van der Waals surface area contributed by atoms with Crippen LogP contribution in [-0.2, 0) is 6.42 Å². The first-order chi connectivity index (χ1) is 9.84. The second-order valence-electron chi connectivity index (χ2n) is 4.70. The number of rotatable bonds is 1. The highest BCUT2D eigenvalue weighted by molar-refractivity contribution is 6.33. The summed E-state index contributed by atoms with van der Waals surface area (Å²) in [7, 11) is 0. The van der Waals surface area contributed by atoms with E-state index in [4.69, 9.17) is 11.6 Å². The number of fused-ring (bicyclic) bond motifs is 1. The molecule has 1 aliphatic rings. The van der Waals surface area contributed by atoms with Crippen molar-refractivity contribution < 1.29 is 17.6 Å². The average Bonchev–Trinajstić information content (AvgIpc) is 2.81. The van der Waals surface area contributed by atoms with Crippen LogP contribution in [0.4, 0.5) is 23.2 Å². The van der Waals surface area contributed by atoms with Gasteiger partial charge in [-0.05, 0) is 35.4 Å². The van der Waals surface area contributed by atoms with Gasteiger partial charge in [0.1, 0.15) is 11.5 Å². The molecule has 108 valence electrons. The van der Waals surface area contributed by atoms with Gasteiger partial charge in [0.15, 0.2) is 0 Å². The molecule has 0 saturated carbocycles. The fourth-order valence-corrected chi connectivity index (χ4v) is 2.50. The van der Waals surface area contributed by atoms with Gasteiger partial charge in [-0.2, -0.15) is 13.2 Å². The van der Waals surface area contributed by atoms with Crippen molar-refractivity contribution in [2.75, 3.05) is 0 Å². The summed E-state index contributed by atoms with van der Waals surface area (Å²) in [5, 5.41) is 0.285. The molecule has 0 atom stereocenters. The normalized spacial score (nSPS) is 14.0. The van der Waals surface area contributed by atoms with Gasteiger partial charge in [0.25, 0.3) is 0 Å². The Morgan fingerprint density at radius 2 is 1.71 bits per heavy atom. The van der Waals surface area contributed by atoms with Gasteiger partial charge in [0.2, 0.25) is 0 Å². The van der Waals surface area contributed by atoms with Crippen molar-refractivity contribution >= 4 is 23.0 Å². The summed E-state index contributed by atoms with van der Waals surface area (Å²) in [6.45, 7) is 0. The molecular weight excluding hydrogens is 306 g/mol. The average molecular weight is 314 g/mol. The zero-order chi connectivity index (χ0) is 15.2. The molecule has 0 N–H and O–H groups in total. The number of benzene rings is 2. The quantitative estimate of drug-likeness (QED) is 0.630. The van der Waals surface area contributed by atoms with E-state index in [1.165, 1.54) is 30.3 Å². The molecule has 0 bridgehead atoms. The van der Waals surface area contributed by atoms with Gasteiger partial charge in [0.05, 0.1) is 10.7 Å². The fraction of sp³-hybridized carbons (Fsp3) is 0.133. The van der Waals surface area contributed by atoms with Crippen LogP contribution in [0.3, 0.4) is 0 Å². The Hall–Kier alpha value is -1.88. The van der Waals surface area contributed by atoms with E-state index in [-0.39, 0.29) is 17.1 Å². The number of hydrogen-bond acceptors (Lipinski definition) is 1. The lowest BCUT2D eigenvalue weighted by Gasteiger charge is -2.07. The Kier molecular flexibility index (Phi) is 3.24. The third-order valence-electron chi connectivity index (χ3n) is 3.26. The third kappa shape index (κ3) is 2.65. The third-order valence-corrected chi connectivity index (χ3v) is 3.58. The van der Waals surface area contributed by atoms with Crippen molar-refractivity contribution in [3.63, 3.8) is 0 Å². The maximum absolute atomic E-state index is 12.9. The summed E-state index contributed by atoms with van der Waals surface area (Å²) >= 11 is 6.10. The van der Waals surface area contributed by atoms with Crippen molar-refractivity contribution in [3.05, 3.63) is 52.8 Å². The molecule has 0 saturated heterocycles. The van der Waals surface area contributed by atoms with Crippen molar-refractivity contribution in [1.82, 2.24) is 0 Å². The van der Waals surface area contributed by atoms with E-state index in [1.54, 1.807) is 6.07 Å². The molecule has 0 amide bonds. The molecule has 0 spiro atoms. The molecule has 0 radical (unpaired) electrons. The van der Waals surface area contributed by atoms with E-state index < -0.39 is 17.7 Å².